The van der Waals surface area contributed by atoms with Gasteiger partial charge >= 0.3 is 0 Å². The molecule has 1 aromatic heterocycles. The SMILES string of the molecule is Cc1nnc(CN(C)C)o1. The van der Waals surface area contributed by atoms with Crippen LogP contribution in [0.4, 0.5) is 0 Å². The predicted octanol–water partition coefficient (Wildman–Crippen LogP) is 0.440. The Morgan fingerprint density at radius 2 is 2.10 bits per heavy atom. The van der Waals surface area contributed by atoms with Gasteiger partial charge in [-0.15, -0.1) is 10.2 Å². The van der Waals surface area contributed by atoms with E-state index in [1.54, 1.807) is 6.92 Å². The maximum absolute atomic E-state index is 5.13. The lowest BCUT2D eigenvalue weighted by Gasteiger charge is -2.03. The Labute approximate surface area is 59.9 Å². The first-order valence-electron chi connectivity index (χ1n) is 3.12. The molecule has 0 saturated carbocycles. The quantitative estimate of drug-likeness (QED) is 0.599. The summed E-state index contributed by atoms with van der Waals surface area (Å²) in [6, 6.07) is 0. The minimum Gasteiger partial charge on any atom is -0.424 e. The Morgan fingerprint density at radius 3 is 2.50 bits per heavy atom. The van der Waals surface area contributed by atoms with Gasteiger partial charge in [-0.05, 0) is 14.1 Å². The second-order valence-electron chi connectivity index (χ2n) is 2.45. The van der Waals surface area contributed by atoms with E-state index < -0.39 is 0 Å². The third kappa shape index (κ3) is 1.80. The van der Waals surface area contributed by atoms with Gasteiger partial charge in [-0.2, -0.15) is 0 Å². The van der Waals surface area contributed by atoms with Crippen LogP contribution in [0.3, 0.4) is 0 Å². The topological polar surface area (TPSA) is 42.2 Å². The van der Waals surface area contributed by atoms with Crippen LogP contribution in [0.5, 0.6) is 0 Å². The third-order valence-corrected chi connectivity index (χ3v) is 1.02. The van der Waals surface area contributed by atoms with E-state index in [1.165, 1.54) is 0 Å². The molecule has 0 atom stereocenters. The molecule has 0 spiro atoms. The van der Waals surface area contributed by atoms with E-state index in [9.17, 15) is 0 Å². The zero-order chi connectivity index (χ0) is 7.56. The summed E-state index contributed by atoms with van der Waals surface area (Å²) in [7, 11) is 3.92. The van der Waals surface area contributed by atoms with Crippen LogP contribution in [0, 0.1) is 6.92 Å². The fourth-order valence-electron chi connectivity index (χ4n) is 0.672. The van der Waals surface area contributed by atoms with Crippen molar-refractivity contribution < 1.29 is 4.42 Å². The van der Waals surface area contributed by atoms with Crippen molar-refractivity contribution in [3.8, 4) is 0 Å². The van der Waals surface area contributed by atoms with Crippen molar-refractivity contribution >= 4 is 0 Å². The summed E-state index contributed by atoms with van der Waals surface area (Å²) in [6.07, 6.45) is 0. The fourth-order valence-corrected chi connectivity index (χ4v) is 0.672. The molecule has 0 fully saturated rings. The van der Waals surface area contributed by atoms with Crippen molar-refractivity contribution in [2.45, 2.75) is 13.5 Å². The molecule has 0 unspecified atom stereocenters. The molecule has 0 aromatic carbocycles. The van der Waals surface area contributed by atoms with Gasteiger partial charge < -0.3 is 9.32 Å². The van der Waals surface area contributed by atoms with Crippen molar-refractivity contribution in [2.75, 3.05) is 14.1 Å². The van der Waals surface area contributed by atoms with Crippen LogP contribution in [-0.4, -0.2) is 29.2 Å². The Bertz CT molecular complexity index is 207. The summed E-state index contributed by atoms with van der Waals surface area (Å²) in [4.78, 5) is 1.98. The van der Waals surface area contributed by atoms with Gasteiger partial charge in [-0.3, -0.25) is 0 Å². The van der Waals surface area contributed by atoms with Gasteiger partial charge in [0.1, 0.15) is 0 Å². The van der Waals surface area contributed by atoms with Crippen molar-refractivity contribution in [3.63, 3.8) is 0 Å². The number of nitrogens with zero attached hydrogens (tertiary/aromatic N) is 3. The van der Waals surface area contributed by atoms with Gasteiger partial charge in [0.15, 0.2) is 0 Å². The number of hydrogen-bond acceptors (Lipinski definition) is 4. The van der Waals surface area contributed by atoms with Crippen molar-refractivity contribution in [1.82, 2.24) is 15.1 Å². The molecule has 0 amide bonds. The molecule has 0 aliphatic carbocycles. The smallest absolute Gasteiger partial charge is 0.230 e. The molecule has 4 nitrogen and oxygen atoms in total. The van der Waals surface area contributed by atoms with Crippen molar-refractivity contribution in [1.29, 1.82) is 0 Å². The number of rotatable bonds is 2. The highest BCUT2D eigenvalue weighted by molar-refractivity contribution is 4.77. The van der Waals surface area contributed by atoms with Crippen molar-refractivity contribution in [2.24, 2.45) is 0 Å². The van der Waals surface area contributed by atoms with E-state index >= 15 is 0 Å². The van der Waals surface area contributed by atoms with E-state index in [4.69, 9.17) is 4.42 Å². The number of aromatic nitrogens is 2. The average molecular weight is 141 g/mol. The van der Waals surface area contributed by atoms with Gasteiger partial charge in [0, 0.05) is 6.92 Å². The molecule has 0 radical (unpaired) electrons. The second kappa shape index (κ2) is 2.79. The van der Waals surface area contributed by atoms with Crippen LogP contribution in [0.2, 0.25) is 0 Å². The van der Waals surface area contributed by atoms with Gasteiger partial charge in [-0.1, -0.05) is 0 Å². The Hall–Kier alpha value is -0.900. The zero-order valence-corrected chi connectivity index (χ0v) is 6.46. The molecule has 0 aliphatic heterocycles. The minimum atomic E-state index is 0.622. The molecule has 1 heterocycles. The summed E-state index contributed by atoms with van der Waals surface area (Å²) in [5, 5.41) is 7.52. The lowest BCUT2D eigenvalue weighted by molar-refractivity contribution is 0.336. The summed E-state index contributed by atoms with van der Waals surface area (Å²) < 4.78 is 5.13. The Balaban J connectivity index is 2.58. The minimum absolute atomic E-state index is 0.622. The predicted molar refractivity (Wildman–Crippen MR) is 36.4 cm³/mol. The molecular formula is C6H11N3O. The van der Waals surface area contributed by atoms with Gasteiger partial charge in [-0.25, -0.2) is 0 Å². The number of hydrogen-bond donors (Lipinski definition) is 0. The van der Waals surface area contributed by atoms with Crippen molar-refractivity contribution in [3.05, 3.63) is 11.8 Å². The lowest BCUT2D eigenvalue weighted by atomic mass is 10.6. The molecular weight excluding hydrogens is 130 g/mol. The van der Waals surface area contributed by atoms with E-state index in [-0.39, 0.29) is 0 Å². The normalized spacial score (nSPS) is 10.8. The van der Waals surface area contributed by atoms with Gasteiger partial charge in [0.25, 0.3) is 0 Å². The molecule has 1 rings (SSSR count). The highest BCUT2D eigenvalue weighted by Crippen LogP contribution is 1.98. The summed E-state index contributed by atoms with van der Waals surface area (Å²) in [5.41, 5.74) is 0. The van der Waals surface area contributed by atoms with E-state index in [2.05, 4.69) is 10.2 Å². The van der Waals surface area contributed by atoms with Crippen LogP contribution in [0.15, 0.2) is 4.42 Å². The second-order valence-corrected chi connectivity index (χ2v) is 2.45. The first-order valence-corrected chi connectivity index (χ1v) is 3.12. The monoisotopic (exact) mass is 141 g/mol. The van der Waals surface area contributed by atoms with Gasteiger partial charge in [0.2, 0.25) is 11.8 Å². The summed E-state index contributed by atoms with van der Waals surface area (Å²) >= 11 is 0. The number of aryl methyl sites for hydroxylation is 1. The van der Waals surface area contributed by atoms with Crippen LogP contribution in [0.25, 0.3) is 0 Å². The molecule has 1 aromatic rings. The van der Waals surface area contributed by atoms with E-state index in [0.717, 1.165) is 0 Å². The summed E-state index contributed by atoms with van der Waals surface area (Å²) in [6.45, 7) is 2.49. The average Bonchev–Trinajstić information content (AvgIpc) is 2.13. The van der Waals surface area contributed by atoms with Gasteiger partial charge in [0.05, 0.1) is 6.54 Å². The highest BCUT2D eigenvalue weighted by Gasteiger charge is 2.01. The van der Waals surface area contributed by atoms with Crippen LogP contribution < -0.4 is 0 Å². The van der Waals surface area contributed by atoms with E-state index in [0.29, 0.717) is 18.3 Å². The maximum Gasteiger partial charge on any atom is 0.230 e. The molecule has 0 bridgehead atoms. The first kappa shape index (κ1) is 7.21. The third-order valence-electron chi connectivity index (χ3n) is 1.02. The largest absolute Gasteiger partial charge is 0.424 e. The molecule has 4 heteroatoms. The Morgan fingerprint density at radius 1 is 1.40 bits per heavy atom. The Kier molecular flexibility index (Phi) is 2.01. The molecule has 10 heavy (non-hydrogen) atoms. The lowest BCUT2D eigenvalue weighted by Crippen LogP contribution is -2.10. The molecule has 0 N–H and O–H groups in total. The molecule has 56 valence electrons. The first-order chi connectivity index (χ1) is 4.68. The molecule has 0 saturated heterocycles. The molecule has 0 aliphatic rings. The van der Waals surface area contributed by atoms with E-state index in [1.807, 2.05) is 19.0 Å². The van der Waals surface area contributed by atoms with Crippen LogP contribution >= 0.6 is 0 Å². The maximum atomic E-state index is 5.13. The standard InChI is InChI=1S/C6H11N3O/c1-5-7-8-6(10-5)4-9(2)3/h4H2,1-3H3. The highest BCUT2D eigenvalue weighted by atomic mass is 16.4. The fraction of sp³-hybridized carbons (Fsp3) is 0.667. The zero-order valence-electron chi connectivity index (χ0n) is 6.46. The summed E-state index contributed by atoms with van der Waals surface area (Å²) in [5.74, 6) is 1.29. The van der Waals surface area contributed by atoms with Crippen LogP contribution in [0.1, 0.15) is 11.8 Å². The van der Waals surface area contributed by atoms with Crippen LogP contribution in [-0.2, 0) is 6.54 Å².